The minimum atomic E-state index is -0.250. The van der Waals surface area contributed by atoms with Crippen LogP contribution in [0, 0.1) is 6.92 Å². The van der Waals surface area contributed by atoms with Crippen LogP contribution in [-0.2, 0) is 16.0 Å². The SMILES string of the molecule is Cc1ccc2nc(CCNC(=O)N3CC(N4CCCCC4C)C3)[nH]c2c1.O=CO.O=CO. The molecular weight excluding hydrogens is 414 g/mol. The first-order chi connectivity index (χ1) is 15.4. The molecule has 0 aliphatic carbocycles. The predicted molar refractivity (Wildman–Crippen MR) is 121 cm³/mol. The summed E-state index contributed by atoms with van der Waals surface area (Å²) < 4.78 is 0. The van der Waals surface area contributed by atoms with E-state index in [0.29, 0.717) is 18.6 Å². The molecule has 1 unspecified atom stereocenters. The van der Waals surface area contributed by atoms with E-state index in [1.807, 2.05) is 11.0 Å². The van der Waals surface area contributed by atoms with Crippen LogP contribution in [0.2, 0.25) is 0 Å². The molecule has 1 atom stereocenters. The molecule has 4 N–H and O–H groups in total. The highest BCUT2D eigenvalue weighted by Gasteiger charge is 2.37. The summed E-state index contributed by atoms with van der Waals surface area (Å²) in [4.78, 5) is 41.5. The number of fused-ring (bicyclic) bond motifs is 1. The highest BCUT2D eigenvalue weighted by molar-refractivity contribution is 5.76. The third-order valence-corrected chi connectivity index (χ3v) is 5.80. The highest BCUT2D eigenvalue weighted by Crippen LogP contribution is 2.24. The second-order valence-corrected chi connectivity index (χ2v) is 8.04. The summed E-state index contributed by atoms with van der Waals surface area (Å²) in [5, 5.41) is 16.8. The lowest BCUT2D eigenvalue weighted by molar-refractivity contribution is -0.123. The molecular formula is C22H33N5O5. The van der Waals surface area contributed by atoms with Crippen LogP contribution in [0.15, 0.2) is 18.2 Å². The number of amides is 2. The fourth-order valence-corrected chi connectivity index (χ4v) is 4.19. The molecule has 3 heterocycles. The Hall–Kier alpha value is -3.14. The van der Waals surface area contributed by atoms with E-state index in [0.717, 1.165) is 36.4 Å². The van der Waals surface area contributed by atoms with Crippen molar-refractivity contribution in [3.8, 4) is 0 Å². The average Bonchev–Trinajstić information content (AvgIpc) is 3.11. The Labute approximate surface area is 187 Å². The maximum atomic E-state index is 12.3. The van der Waals surface area contributed by atoms with Crippen LogP contribution in [0.5, 0.6) is 0 Å². The van der Waals surface area contributed by atoms with Gasteiger partial charge in [-0.05, 0) is 50.9 Å². The van der Waals surface area contributed by atoms with E-state index < -0.39 is 0 Å². The van der Waals surface area contributed by atoms with E-state index in [4.69, 9.17) is 19.8 Å². The van der Waals surface area contributed by atoms with E-state index in [2.05, 4.69) is 46.2 Å². The molecule has 4 rings (SSSR count). The molecule has 1 aromatic carbocycles. The summed E-state index contributed by atoms with van der Waals surface area (Å²) in [6.45, 7) is 7.41. The standard InChI is InChI=1S/C20H29N5O.2CH2O2/c1-14-6-7-17-18(11-14)23-19(22-17)8-9-21-20(26)24-12-16(13-24)25-10-4-3-5-15(25)2;2*2-1-3/h6-7,11,15-16H,3-5,8-10,12-13H2,1-2H3,(H,21,26)(H,22,23);2*1H,(H,2,3). The number of carbonyl (C=O) groups is 3. The largest absolute Gasteiger partial charge is 0.483 e. The average molecular weight is 448 g/mol. The number of likely N-dealkylation sites (tertiary alicyclic amines) is 2. The summed E-state index contributed by atoms with van der Waals surface area (Å²) in [7, 11) is 0. The van der Waals surface area contributed by atoms with Gasteiger partial charge in [-0.25, -0.2) is 9.78 Å². The maximum Gasteiger partial charge on any atom is 0.317 e. The van der Waals surface area contributed by atoms with Crippen molar-refractivity contribution in [1.29, 1.82) is 0 Å². The number of carboxylic acid groups (broad SMARTS) is 2. The third kappa shape index (κ3) is 6.94. The van der Waals surface area contributed by atoms with Crippen molar-refractivity contribution in [3.63, 3.8) is 0 Å². The lowest BCUT2D eigenvalue weighted by Gasteiger charge is -2.49. The molecule has 0 bridgehead atoms. The first-order valence-electron chi connectivity index (χ1n) is 10.8. The smallest absolute Gasteiger partial charge is 0.317 e. The minimum Gasteiger partial charge on any atom is -0.483 e. The molecule has 2 aliphatic heterocycles. The number of benzene rings is 1. The van der Waals surface area contributed by atoms with Crippen molar-refractivity contribution in [2.75, 3.05) is 26.2 Å². The van der Waals surface area contributed by atoms with E-state index in [1.165, 1.54) is 31.4 Å². The van der Waals surface area contributed by atoms with Gasteiger partial charge in [-0.1, -0.05) is 12.5 Å². The van der Waals surface area contributed by atoms with E-state index >= 15 is 0 Å². The van der Waals surface area contributed by atoms with Gasteiger partial charge in [-0.3, -0.25) is 14.5 Å². The van der Waals surface area contributed by atoms with Crippen molar-refractivity contribution < 1.29 is 24.6 Å². The topological polar surface area (TPSA) is 139 Å². The normalized spacial score (nSPS) is 18.4. The van der Waals surface area contributed by atoms with Gasteiger partial charge in [0, 0.05) is 38.1 Å². The Morgan fingerprint density at radius 3 is 2.59 bits per heavy atom. The van der Waals surface area contributed by atoms with Crippen molar-refractivity contribution in [3.05, 3.63) is 29.6 Å². The van der Waals surface area contributed by atoms with Gasteiger partial charge in [-0.2, -0.15) is 0 Å². The molecule has 2 amide bonds. The molecule has 2 aliphatic rings. The number of aromatic amines is 1. The number of H-pyrrole nitrogens is 1. The Morgan fingerprint density at radius 1 is 1.25 bits per heavy atom. The Bertz CT molecular complexity index is 875. The number of nitrogens with zero attached hydrogens (tertiary/aromatic N) is 3. The molecule has 32 heavy (non-hydrogen) atoms. The fraction of sp³-hybridized carbons (Fsp3) is 0.545. The number of hydrogen-bond donors (Lipinski definition) is 4. The first-order valence-corrected chi connectivity index (χ1v) is 10.8. The van der Waals surface area contributed by atoms with Crippen LogP contribution in [0.4, 0.5) is 4.79 Å². The Kier molecular flexibility index (Phi) is 9.93. The number of nitrogens with one attached hydrogen (secondary N) is 2. The minimum absolute atomic E-state index is 0.0536. The molecule has 10 nitrogen and oxygen atoms in total. The second-order valence-electron chi connectivity index (χ2n) is 8.04. The number of aryl methyl sites for hydroxylation is 1. The van der Waals surface area contributed by atoms with Crippen LogP contribution >= 0.6 is 0 Å². The molecule has 0 spiro atoms. The van der Waals surface area contributed by atoms with E-state index in [1.54, 1.807) is 0 Å². The predicted octanol–water partition coefficient (Wildman–Crippen LogP) is 2.08. The number of urea groups is 1. The molecule has 2 fully saturated rings. The zero-order valence-electron chi connectivity index (χ0n) is 18.7. The summed E-state index contributed by atoms with van der Waals surface area (Å²) in [6.07, 6.45) is 4.65. The van der Waals surface area contributed by atoms with Crippen LogP contribution in [0.3, 0.4) is 0 Å². The van der Waals surface area contributed by atoms with Crippen molar-refractivity contribution in [2.24, 2.45) is 0 Å². The third-order valence-electron chi connectivity index (χ3n) is 5.80. The van der Waals surface area contributed by atoms with Crippen LogP contribution < -0.4 is 5.32 Å². The summed E-state index contributed by atoms with van der Waals surface area (Å²) in [5.74, 6) is 0.925. The van der Waals surface area contributed by atoms with Crippen LogP contribution in [0.1, 0.15) is 37.6 Å². The van der Waals surface area contributed by atoms with Gasteiger partial charge in [0.2, 0.25) is 0 Å². The molecule has 2 aromatic rings. The monoisotopic (exact) mass is 447 g/mol. The van der Waals surface area contributed by atoms with Gasteiger partial charge in [0.1, 0.15) is 5.82 Å². The molecule has 0 saturated carbocycles. The quantitative estimate of drug-likeness (QED) is 0.526. The van der Waals surface area contributed by atoms with Gasteiger partial charge in [0.25, 0.3) is 12.9 Å². The summed E-state index contributed by atoms with van der Waals surface area (Å²) in [6, 6.07) is 7.47. The number of piperidine rings is 1. The van der Waals surface area contributed by atoms with Gasteiger partial charge >= 0.3 is 6.03 Å². The number of rotatable bonds is 4. The highest BCUT2D eigenvalue weighted by atomic mass is 16.3. The number of aromatic nitrogens is 2. The Balaban J connectivity index is 0.000000547. The van der Waals surface area contributed by atoms with Gasteiger partial charge in [0.05, 0.1) is 11.0 Å². The van der Waals surface area contributed by atoms with E-state index in [-0.39, 0.29) is 19.0 Å². The van der Waals surface area contributed by atoms with Crippen molar-refractivity contribution >= 4 is 30.0 Å². The Morgan fingerprint density at radius 2 is 1.94 bits per heavy atom. The van der Waals surface area contributed by atoms with Crippen molar-refractivity contribution in [1.82, 2.24) is 25.1 Å². The fourth-order valence-electron chi connectivity index (χ4n) is 4.19. The molecule has 1 aromatic heterocycles. The molecule has 176 valence electrons. The van der Waals surface area contributed by atoms with Crippen LogP contribution in [-0.4, -0.2) is 87.2 Å². The number of hydrogen-bond acceptors (Lipinski definition) is 5. The molecule has 0 radical (unpaired) electrons. The van der Waals surface area contributed by atoms with Gasteiger partial charge < -0.3 is 25.4 Å². The molecule has 10 heteroatoms. The number of carbonyl (C=O) groups excluding carboxylic acids is 1. The zero-order chi connectivity index (χ0) is 23.5. The lowest BCUT2D eigenvalue weighted by Crippen LogP contribution is -2.65. The molecule has 2 saturated heterocycles. The van der Waals surface area contributed by atoms with Crippen LogP contribution in [0.25, 0.3) is 11.0 Å². The lowest BCUT2D eigenvalue weighted by atomic mass is 9.98. The van der Waals surface area contributed by atoms with Gasteiger partial charge in [-0.15, -0.1) is 0 Å². The number of imidazole rings is 1. The van der Waals surface area contributed by atoms with E-state index in [9.17, 15) is 4.79 Å². The zero-order valence-corrected chi connectivity index (χ0v) is 18.7. The summed E-state index contributed by atoms with van der Waals surface area (Å²) in [5.41, 5.74) is 3.27. The van der Waals surface area contributed by atoms with Crippen molar-refractivity contribution in [2.45, 2.75) is 51.6 Å². The summed E-state index contributed by atoms with van der Waals surface area (Å²) >= 11 is 0. The van der Waals surface area contributed by atoms with Gasteiger partial charge in [0.15, 0.2) is 0 Å². The second kappa shape index (κ2) is 12.7. The maximum absolute atomic E-state index is 12.3. The first kappa shape index (κ1) is 25.1.